The molecule has 1 aliphatic carbocycles. The van der Waals surface area contributed by atoms with Crippen molar-refractivity contribution in [3.05, 3.63) is 19.9 Å². The minimum Gasteiger partial charge on any atom is -0.388 e. The minimum atomic E-state index is -0.211. The molecule has 12 heavy (non-hydrogen) atoms. The number of aliphatic hydroxyl groups excluding tert-OH is 1. The molecular formula is C9H11IOS. The number of hydrogen-bond acceptors (Lipinski definition) is 2. The van der Waals surface area contributed by atoms with Gasteiger partial charge >= 0.3 is 0 Å². The molecule has 1 heterocycles. The second-order valence-corrected chi connectivity index (χ2v) is 6.18. The van der Waals surface area contributed by atoms with Crippen molar-refractivity contribution in [1.82, 2.24) is 0 Å². The molecule has 1 aromatic rings. The standard InChI is InChI=1S/C9H11IOS/c10-9-4-7(5-12-9)8(11)3-6-1-2-6/h4-6,8,11H,1-3H2. The summed E-state index contributed by atoms with van der Waals surface area (Å²) in [4.78, 5) is 0. The summed E-state index contributed by atoms with van der Waals surface area (Å²) in [6.45, 7) is 0. The highest BCUT2D eigenvalue weighted by atomic mass is 127. The van der Waals surface area contributed by atoms with Crippen molar-refractivity contribution in [3.63, 3.8) is 0 Å². The van der Waals surface area contributed by atoms with Crippen LogP contribution in [0.4, 0.5) is 0 Å². The van der Waals surface area contributed by atoms with Crippen molar-refractivity contribution in [3.8, 4) is 0 Å². The normalized spacial score (nSPS) is 19.5. The second-order valence-electron chi connectivity index (χ2n) is 3.38. The summed E-state index contributed by atoms with van der Waals surface area (Å²) in [5, 5.41) is 11.8. The fourth-order valence-electron chi connectivity index (χ4n) is 1.30. The first-order valence-electron chi connectivity index (χ1n) is 4.17. The number of hydrogen-bond donors (Lipinski definition) is 1. The number of thiophene rings is 1. The summed E-state index contributed by atoms with van der Waals surface area (Å²) in [6, 6.07) is 2.08. The van der Waals surface area contributed by atoms with E-state index in [1.165, 1.54) is 15.7 Å². The van der Waals surface area contributed by atoms with Gasteiger partial charge < -0.3 is 5.11 Å². The molecule has 0 aromatic carbocycles. The van der Waals surface area contributed by atoms with Crippen LogP contribution in [0, 0.1) is 8.80 Å². The zero-order valence-electron chi connectivity index (χ0n) is 6.66. The second kappa shape index (κ2) is 3.64. The maximum atomic E-state index is 9.75. The minimum absolute atomic E-state index is 0.211. The summed E-state index contributed by atoms with van der Waals surface area (Å²) >= 11 is 4.00. The van der Waals surface area contributed by atoms with Crippen LogP contribution in [0.2, 0.25) is 0 Å². The van der Waals surface area contributed by atoms with Crippen LogP contribution in [0.25, 0.3) is 0 Å². The predicted octanol–water partition coefficient (Wildman–Crippen LogP) is 3.19. The maximum absolute atomic E-state index is 9.75. The molecule has 3 heteroatoms. The first-order chi connectivity index (χ1) is 5.75. The van der Waals surface area contributed by atoms with Crippen molar-refractivity contribution < 1.29 is 5.11 Å². The monoisotopic (exact) mass is 294 g/mol. The Labute approximate surface area is 89.9 Å². The molecule has 1 aromatic heterocycles. The zero-order valence-corrected chi connectivity index (χ0v) is 9.64. The van der Waals surface area contributed by atoms with Crippen LogP contribution >= 0.6 is 33.9 Å². The summed E-state index contributed by atoms with van der Waals surface area (Å²) in [6.07, 6.45) is 3.39. The lowest BCUT2D eigenvalue weighted by atomic mass is 10.1. The van der Waals surface area contributed by atoms with Gasteiger partial charge in [-0.15, -0.1) is 11.3 Å². The van der Waals surface area contributed by atoms with Gasteiger partial charge in [0, 0.05) is 0 Å². The molecule has 66 valence electrons. The Morgan fingerprint density at radius 1 is 1.67 bits per heavy atom. The molecule has 0 saturated heterocycles. The van der Waals surface area contributed by atoms with E-state index in [2.05, 4.69) is 34.0 Å². The third kappa shape index (κ3) is 2.20. The molecule has 1 aliphatic rings. The Morgan fingerprint density at radius 2 is 2.42 bits per heavy atom. The first kappa shape index (κ1) is 8.97. The van der Waals surface area contributed by atoms with Crippen molar-refractivity contribution in [2.24, 2.45) is 5.92 Å². The molecule has 0 radical (unpaired) electrons. The third-order valence-corrected chi connectivity index (χ3v) is 4.03. The van der Waals surface area contributed by atoms with Crippen LogP contribution in [-0.4, -0.2) is 5.11 Å². The molecule has 1 saturated carbocycles. The SMILES string of the molecule is OC(CC1CC1)c1csc(I)c1. The van der Waals surface area contributed by atoms with Gasteiger partial charge in [-0.25, -0.2) is 0 Å². The van der Waals surface area contributed by atoms with Crippen LogP contribution in [0.1, 0.15) is 30.9 Å². The van der Waals surface area contributed by atoms with E-state index < -0.39 is 0 Å². The number of aliphatic hydroxyl groups is 1. The van der Waals surface area contributed by atoms with Gasteiger partial charge in [-0.2, -0.15) is 0 Å². The highest BCUT2D eigenvalue weighted by Gasteiger charge is 2.25. The fraction of sp³-hybridized carbons (Fsp3) is 0.556. The number of rotatable bonds is 3. The smallest absolute Gasteiger partial charge is 0.0801 e. The topological polar surface area (TPSA) is 20.2 Å². The molecule has 1 nitrogen and oxygen atoms in total. The first-order valence-corrected chi connectivity index (χ1v) is 6.13. The largest absolute Gasteiger partial charge is 0.388 e. The van der Waals surface area contributed by atoms with Crippen LogP contribution < -0.4 is 0 Å². The van der Waals surface area contributed by atoms with Gasteiger partial charge in [0.05, 0.1) is 8.99 Å². The van der Waals surface area contributed by atoms with Crippen LogP contribution in [-0.2, 0) is 0 Å². The van der Waals surface area contributed by atoms with Crippen LogP contribution in [0.15, 0.2) is 11.4 Å². The summed E-state index contributed by atoms with van der Waals surface area (Å²) in [7, 11) is 0. The van der Waals surface area contributed by atoms with Gasteiger partial charge in [0.25, 0.3) is 0 Å². The van der Waals surface area contributed by atoms with Crippen molar-refractivity contribution in [1.29, 1.82) is 0 Å². The van der Waals surface area contributed by atoms with Crippen LogP contribution in [0.5, 0.6) is 0 Å². The fourth-order valence-corrected chi connectivity index (χ4v) is 2.72. The zero-order chi connectivity index (χ0) is 8.55. The van der Waals surface area contributed by atoms with Crippen molar-refractivity contribution in [2.45, 2.75) is 25.4 Å². The molecule has 2 rings (SSSR count). The Hall–Kier alpha value is 0.390. The molecule has 1 atom stereocenters. The highest BCUT2D eigenvalue weighted by molar-refractivity contribution is 14.1. The lowest BCUT2D eigenvalue weighted by molar-refractivity contribution is 0.161. The van der Waals surface area contributed by atoms with E-state index in [-0.39, 0.29) is 6.10 Å². The van der Waals surface area contributed by atoms with E-state index in [4.69, 9.17) is 0 Å². The predicted molar refractivity (Wildman–Crippen MR) is 59.3 cm³/mol. The molecule has 1 N–H and O–H groups in total. The average Bonchev–Trinajstić information content (AvgIpc) is 2.72. The summed E-state index contributed by atoms with van der Waals surface area (Å²) < 4.78 is 1.26. The molecular weight excluding hydrogens is 283 g/mol. The molecule has 0 amide bonds. The molecule has 0 aliphatic heterocycles. The van der Waals surface area contributed by atoms with Crippen LogP contribution in [0.3, 0.4) is 0 Å². The quantitative estimate of drug-likeness (QED) is 0.849. The van der Waals surface area contributed by atoms with E-state index in [1.54, 1.807) is 11.3 Å². The maximum Gasteiger partial charge on any atom is 0.0801 e. The van der Waals surface area contributed by atoms with Gasteiger partial charge in [-0.3, -0.25) is 0 Å². The summed E-state index contributed by atoms with van der Waals surface area (Å²) in [5.74, 6) is 0.803. The molecule has 1 fully saturated rings. The van der Waals surface area contributed by atoms with E-state index in [0.29, 0.717) is 0 Å². The van der Waals surface area contributed by atoms with Crippen molar-refractivity contribution in [2.75, 3.05) is 0 Å². The van der Waals surface area contributed by atoms with Gasteiger partial charge in [-0.1, -0.05) is 12.8 Å². The Morgan fingerprint density at radius 3 is 2.92 bits per heavy atom. The van der Waals surface area contributed by atoms with E-state index in [9.17, 15) is 5.11 Å². The molecule has 1 unspecified atom stereocenters. The lowest BCUT2D eigenvalue weighted by Crippen LogP contribution is -1.95. The Bertz CT molecular complexity index is 267. The van der Waals surface area contributed by atoms with E-state index in [0.717, 1.165) is 17.9 Å². The highest BCUT2D eigenvalue weighted by Crippen LogP contribution is 2.38. The lowest BCUT2D eigenvalue weighted by Gasteiger charge is -2.06. The van der Waals surface area contributed by atoms with E-state index in [1.807, 2.05) is 0 Å². The van der Waals surface area contributed by atoms with Gasteiger partial charge in [0.15, 0.2) is 0 Å². The van der Waals surface area contributed by atoms with E-state index >= 15 is 0 Å². The number of halogens is 1. The third-order valence-electron chi connectivity index (χ3n) is 2.23. The van der Waals surface area contributed by atoms with Gasteiger partial charge in [0.2, 0.25) is 0 Å². The molecule has 0 spiro atoms. The Balaban J connectivity index is 1.97. The van der Waals surface area contributed by atoms with Crippen molar-refractivity contribution >= 4 is 33.9 Å². The van der Waals surface area contributed by atoms with Gasteiger partial charge in [0.1, 0.15) is 0 Å². The summed E-state index contributed by atoms with van der Waals surface area (Å²) in [5.41, 5.74) is 1.11. The molecule has 0 bridgehead atoms. The van der Waals surface area contributed by atoms with Gasteiger partial charge in [-0.05, 0) is 51.9 Å². The Kier molecular flexibility index (Phi) is 2.72. The average molecular weight is 294 g/mol.